The van der Waals surface area contributed by atoms with Crippen molar-refractivity contribution in [3.05, 3.63) is 0 Å². The van der Waals surface area contributed by atoms with E-state index in [1.54, 1.807) is 0 Å². The molecule has 0 saturated carbocycles. The summed E-state index contributed by atoms with van der Waals surface area (Å²) < 4.78 is 10.6. The summed E-state index contributed by atoms with van der Waals surface area (Å²) in [5.74, 6) is 0.771. The molecule has 0 aromatic rings. The Morgan fingerprint density at radius 2 is 2.20 bits per heavy atom. The normalized spacial score (nSPS) is 45.9. The van der Waals surface area contributed by atoms with Crippen molar-refractivity contribution < 1.29 is 9.47 Å². The molecule has 2 heterocycles. The highest BCUT2D eigenvalue weighted by Crippen LogP contribution is 2.29. The Morgan fingerprint density at radius 1 is 1.40 bits per heavy atom. The fourth-order valence-corrected chi connectivity index (χ4v) is 1.63. The maximum atomic E-state index is 5.44. The number of hydrogen-bond acceptors (Lipinski definition) is 2. The summed E-state index contributed by atoms with van der Waals surface area (Å²) in [5.41, 5.74) is 0. The lowest BCUT2D eigenvalue weighted by atomic mass is 9.97. The van der Waals surface area contributed by atoms with E-state index in [1.165, 1.54) is 12.8 Å². The van der Waals surface area contributed by atoms with Crippen LogP contribution in [0.1, 0.15) is 19.8 Å². The maximum absolute atomic E-state index is 5.44. The summed E-state index contributed by atoms with van der Waals surface area (Å²) in [6.07, 6.45) is 3.51. The van der Waals surface area contributed by atoms with Gasteiger partial charge in [0.1, 0.15) is 0 Å². The zero-order valence-electron chi connectivity index (χ0n) is 6.38. The fraction of sp³-hybridized carbons (Fsp3) is 1.00. The number of epoxide rings is 1. The summed E-state index contributed by atoms with van der Waals surface area (Å²) in [6.45, 7) is 4.11. The molecule has 2 saturated heterocycles. The van der Waals surface area contributed by atoms with Crippen molar-refractivity contribution in [2.24, 2.45) is 5.92 Å². The van der Waals surface area contributed by atoms with Gasteiger partial charge in [-0.3, -0.25) is 0 Å². The Balaban J connectivity index is 1.79. The lowest BCUT2D eigenvalue weighted by molar-refractivity contribution is 0.101. The summed E-state index contributed by atoms with van der Waals surface area (Å²) in [5, 5.41) is 0. The highest BCUT2D eigenvalue weighted by atomic mass is 16.6. The van der Waals surface area contributed by atoms with Crippen LogP contribution in [0, 0.1) is 5.92 Å². The summed E-state index contributed by atoms with van der Waals surface area (Å²) in [4.78, 5) is 0. The van der Waals surface area contributed by atoms with Gasteiger partial charge < -0.3 is 9.47 Å². The Labute approximate surface area is 61.5 Å². The molecular formula is C8H14O2. The molecule has 0 bridgehead atoms. The average molecular weight is 142 g/mol. The molecule has 0 radical (unpaired) electrons. The predicted octanol–water partition coefficient (Wildman–Crippen LogP) is 1.20. The molecule has 0 aliphatic carbocycles. The van der Waals surface area contributed by atoms with E-state index in [-0.39, 0.29) is 0 Å². The van der Waals surface area contributed by atoms with Gasteiger partial charge in [-0.15, -0.1) is 0 Å². The standard InChI is InChI=1S/C8H14O2/c1-6-7(2-3-9-6)4-8-5-10-8/h6-8H,2-5H2,1H3. The van der Waals surface area contributed by atoms with Gasteiger partial charge in [0.2, 0.25) is 0 Å². The molecule has 0 amide bonds. The van der Waals surface area contributed by atoms with Crippen molar-refractivity contribution in [2.45, 2.75) is 32.0 Å². The second kappa shape index (κ2) is 2.51. The van der Waals surface area contributed by atoms with Crippen molar-refractivity contribution in [2.75, 3.05) is 13.2 Å². The Bertz CT molecular complexity index is 120. The van der Waals surface area contributed by atoms with E-state index in [1.807, 2.05) is 0 Å². The third kappa shape index (κ3) is 1.32. The summed E-state index contributed by atoms with van der Waals surface area (Å²) in [6, 6.07) is 0. The zero-order chi connectivity index (χ0) is 6.97. The minimum absolute atomic E-state index is 0.476. The third-order valence-electron chi connectivity index (χ3n) is 2.50. The van der Waals surface area contributed by atoms with Crippen LogP contribution in [0.15, 0.2) is 0 Å². The first kappa shape index (κ1) is 6.62. The van der Waals surface area contributed by atoms with Crippen molar-refractivity contribution in [3.63, 3.8) is 0 Å². The van der Waals surface area contributed by atoms with Gasteiger partial charge in [0, 0.05) is 6.61 Å². The van der Waals surface area contributed by atoms with E-state index in [9.17, 15) is 0 Å². The van der Waals surface area contributed by atoms with Crippen LogP contribution in [0.4, 0.5) is 0 Å². The Kier molecular flexibility index (Phi) is 1.66. The van der Waals surface area contributed by atoms with Gasteiger partial charge in [-0.2, -0.15) is 0 Å². The Hall–Kier alpha value is -0.0800. The van der Waals surface area contributed by atoms with Gasteiger partial charge in [-0.05, 0) is 25.7 Å². The highest BCUT2D eigenvalue weighted by molar-refractivity contribution is 4.80. The summed E-state index contributed by atoms with van der Waals surface area (Å²) >= 11 is 0. The van der Waals surface area contributed by atoms with Crippen LogP contribution in [0.3, 0.4) is 0 Å². The molecule has 2 nitrogen and oxygen atoms in total. The molecule has 0 N–H and O–H groups in total. The molecule has 3 atom stereocenters. The molecule has 10 heavy (non-hydrogen) atoms. The molecule has 2 rings (SSSR count). The smallest absolute Gasteiger partial charge is 0.0813 e. The molecule has 3 unspecified atom stereocenters. The van der Waals surface area contributed by atoms with Crippen LogP contribution >= 0.6 is 0 Å². The molecule has 0 aromatic carbocycles. The number of rotatable bonds is 2. The molecule has 2 fully saturated rings. The zero-order valence-corrected chi connectivity index (χ0v) is 6.38. The van der Waals surface area contributed by atoms with Gasteiger partial charge in [0.05, 0.1) is 18.8 Å². The van der Waals surface area contributed by atoms with Crippen LogP contribution in [-0.4, -0.2) is 25.4 Å². The van der Waals surface area contributed by atoms with E-state index in [4.69, 9.17) is 9.47 Å². The summed E-state index contributed by atoms with van der Waals surface area (Å²) in [7, 11) is 0. The second-order valence-electron chi connectivity index (χ2n) is 3.32. The average Bonchev–Trinajstić information content (AvgIpc) is 2.62. The van der Waals surface area contributed by atoms with Crippen LogP contribution in [0.5, 0.6) is 0 Å². The molecule has 58 valence electrons. The first-order valence-electron chi connectivity index (χ1n) is 4.09. The van der Waals surface area contributed by atoms with E-state index < -0.39 is 0 Å². The first-order valence-corrected chi connectivity index (χ1v) is 4.09. The van der Waals surface area contributed by atoms with E-state index in [2.05, 4.69) is 6.92 Å². The van der Waals surface area contributed by atoms with Crippen molar-refractivity contribution >= 4 is 0 Å². The molecule has 2 aliphatic heterocycles. The first-order chi connectivity index (χ1) is 4.86. The second-order valence-corrected chi connectivity index (χ2v) is 3.32. The monoisotopic (exact) mass is 142 g/mol. The largest absolute Gasteiger partial charge is 0.378 e. The minimum atomic E-state index is 0.476. The fourth-order valence-electron chi connectivity index (χ4n) is 1.63. The van der Waals surface area contributed by atoms with Crippen molar-refractivity contribution in [1.82, 2.24) is 0 Å². The lowest BCUT2D eigenvalue weighted by Crippen LogP contribution is -2.13. The van der Waals surface area contributed by atoms with E-state index in [0.717, 1.165) is 19.1 Å². The SMILES string of the molecule is CC1OCCC1CC1CO1. The van der Waals surface area contributed by atoms with Gasteiger partial charge in [-0.1, -0.05) is 0 Å². The minimum Gasteiger partial charge on any atom is -0.378 e. The number of ether oxygens (including phenoxy) is 2. The molecule has 2 aliphatic rings. The van der Waals surface area contributed by atoms with Crippen LogP contribution in [0.25, 0.3) is 0 Å². The molecule has 0 aromatic heterocycles. The maximum Gasteiger partial charge on any atom is 0.0813 e. The van der Waals surface area contributed by atoms with Crippen molar-refractivity contribution in [3.8, 4) is 0 Å². The predicted molar refractivity (Wildman–Crippen MR) is 37.9 cm³/mol. The van der Waals surface area contributed by atoms with Gasteiger partial charge >= 0.3 is 0 Å². The third-order valence-corrected chi connectivity index (χ3v) is 2.50. The molecular weight excluding hydrogens is 128 g/mol. The quantitative estimate of drug-likeness (QED) is 0.540. The van der Waals surface area contributed by atoms with Gasteiger partial charge in [0.15, 0.2) is 0 Å². The van der Waals surface area contributed by atoms with Crippen LogP contribution in [-0.2, 0) is 9.47 Å². The topological polar surface area (TPSA) is 21.8 Å². The number of hydrogen-bond donors (Lipinski definition) is 0. The van der Waals surface area contributed by atoms with Gasteiger partial charge in [0.25, 0.3) is 0 Å². The molecule has 2 heteroatoms. The van der Waals surface area contributed by atoms with Crippen LogP contribution in [0.2, 0.25) is 0 Å². The van der Waals surface area contributed by atoms with E-state index in [0.29, 0.717) is 12.2 Å². The lowest BCUT2D eigenvalue weighted by Gasteiger charge is -2.10. The highest BCUT2D eigenvalue weighted by Gasteiger charge is 2.32. The van der Waals surface area contributed by atoms with Crippen LogP contribution < -0.4 is 0 Å². The molecule has 0 spiro atoms. The van der Waals surface area contributed by atoms with E-state index >= 15 is 0 Å². The Morgan fingerprint density at radius 3 is 2.70 bits per heavy atom. The van der Waals surface area contributed by atoms with Gasteiger partial charge in [-0.25, -0.2) is 0 Å². The van der Waals surface area contributed by atoms with Crippen molar-refractivity contribution in [1.29, 1.82) is 0 Å².